The van der Waals surface area contributed by atoms with E-state index in [1.165, 1.54) is 6.07 Å². The van der Waals surface area contributed by atoms with Crippen molar-refractivity contribution < 1.29 is 13.2 Å². The highest BCUT2D eigenvalue weighted by Crippen LogP contribution is 2.33. The second-order valence-corrected chi connectivity index (χ2v) is 5.88. The number of rotatable bonds is 4. The molecule has 0 radical (unpaired) electrons. The Balaban J connectivity index is 2.84. The molecule has 1 atom stereocenters. The molecular weight excluding hydrogens is 293 g/mol. The molecule has 4 heteroatoms. The molecule has 0 amide bonds. The molecule has 96 valence electrons. The topological polar surface area (TPSA) is 0 Å². The van der Waals surface area contributed by atoms with Gasteiger partial charge >= 0.3 is 6.18 Å². The van der Waals surface area contributed by atoms with E-state index < -0.39 is 11.7 Å². The molecule has 17 heavy (non-hydrogen) atoms. The number of hydrogen-bond donors (Lipinski definition) is 0. The quantitative estimate of drug-likeness (QED) is 0.682. The summed E-state index contributed by atoms with van der Waals surface area (Å²) in [7, 11) is 0. The number of hydrogen-bond acceptors (Lipinski definition) is 0. The second-order valence-electron chi connectivity index (χ2n) is 4.59. The summed E-state index contributed by atoms with van der Waals surface area (Å²) in [6.45, 7) is 4.12. The summed E-state index contributed by atoms with van der Waals surface area (Å²) >= 11 is 3.45. The summed E-state index contributed by atoms with van der Waals surface area (Å²) in [6.07, 6.45) is -2.98. The van der Waals surface area contributed by atoms with Gasteiger partial charge in [0.1, 0.15) is 0 Å². The lowest BCUT2D eigenvalue weighted by molar-refractivity contribution is -0.138. The van der Waals surface area contributed by atoms with Gasteiger partial charge in [-0.15, -0.1) is 0 Å². The van der Waals surface area contributed by atoms with Crippen molar-refractivity contribution >= 4 is 15.9 Å². The zero-order valence-electron chi connectivity index (χ0n) is 9.89. The van der Waals surface area contributed by atoms with Gasteiger partial charge in [0, 0.05) is 4.83 Å². The molecule has 0 heterocycles. The first-order chi connectivity index (χ1) is 7.80. The summed E-state index contributed by atoms with van der Waals surface area (Å²) in [5, 5.41) is 0. The minimum absolute atomic E-state index is 0.0889. The average molecular weight is 309 g/mol. The second kappa shape index (κ2) is 5.89. The van der Waals surface area contributed by atoms with Crippen molar-refractivity contribution in [2.45, 2.75) is 37.7 Å². The Bertz CT molecular complexity index is 358. The molecule has 0 aliphatic heterocycles. The fraction of sp³-hybridized carbons (Fsp3) is 0.538. The van der Waals surface area contributed by atoms with E-state index in [1.807, 2.05) is 0 Å². The maximum Gasteiger partial charge on any atom is 0.416 e. The smallest absolute Gasteiger partial charge is 0.166 e. The first kappa shape index (κ1) is 14.6. The predicted molar refractivity (Wildman–Crippen MR) is 67.3 cm³/mol. The average Bonchev–Trinajstić information content (AvgIpc) is 2.15. The van der Waals surface area contributed by atoms with E-state index in [4.69, 9.17) is 0 Å². The minimum atomic E-state index is -4.26. The summed E-state index contributed by atoms with van der Waals surface area (Å²) in [5.74, 6) is 0.470. The van der Waals surface area contributed by atoms with Crippen LogP contribution < -0.4 is 0 Å². The lowest BCUT2D eigenvalue weighted by atomic mass is 9.98. The van der Waals surface area contributed by atoms with Crippen molar-refractivity contribution in [3.05, 3.63) is 35.4 Å². The van der Waals surface area contributed by atoms with Crippen molar-refractivity contribution in [1.82, 2.24) is 0 Å². The fourth-order valence-corrected chi connectivity index (χ4v) is 2.90. The Morgan fingerprint density at radius 1 is 1.18 bits per heavy atom. The number of alkyl halides is 4. The van der Waals surface area contributed by atoms with Crippen LogP contribution in [0.2, 0.25) is 0 Å². The molecule has 0 bridgehead atoms. The Morgan fingerprint density at radius 3 is 2.29 bits per heavy atom. The molecule has 0 nitrogen and oxygen atoms in total. The Morgan fingerprint density at radius 2 is 1.76 bits per heavy atom. The van der Waals surface area contributed by atoms with Crippen LogP contribution in [0.15, 0.2) is 24.3 Å². The monoisotopic (exact) mass is 308 g/mol. The number of halogens is 4. The summed E-state index contributed by atoms with van der Waals surface area (Å²) in [5.41, 5.74) is -0.157. The van der Waals surface area contributed by atoms with Crippen LogP contribution >= 0.6 is 15.9 Å². The van der Waals surface area contributed by atoms with Crippen molar-refractivity contribution in [3.63, 3.8) is 0 Å². The molecular formula is C13H16BrF3. The van der Waals surface area contributed by atoms with Gasteiger partial charge in [-0.05, 0) is 30.4 Å². The molecule has 0 aliphatic rings. The summed E-state index contributed by atoms with van der Waals surface area (Å²) in [6, 6.07) is 5.78. The number of benzene rings is 1. The third kappa shape index (κ3) is 4.70. The van der Waals surface area contributed by atoms with Gasteiger partial charge in [0.25, 0.3) is 0 Å². The summed E-state index contributed by atoms with van der Waals surface area (Å²) in [4.78, 5) is 0.0889. The van der Waals surface area contributed by atoms with E-state index in [2.05, 4.69) is 29.8 Å². The van der Waals surface area contributed by atoms with Crippen molar-refractivity contribution in [1.29, 1.82) is 0 Å². The first-order valence-corrected chi connectivity index (χ1v) is 6.51. The Labute approximate surface area is 108 Å². The Kier molecular flexibility index (Phi) is 5.04. The van der Waals surface area contributed by atoms with Crippen LogP contribution in [0.3, 0.4) is 0 Å². The van der Waals surface area contributed by atoms with Crippen LogP contribution in [-0.4, -0.2) is 4.83 Å². The van der Waals surface area contributed by atoms with Crippen LogP contribution in [0.4, 0.5) is 13.2 Å². The van der Waals surface area contributed by atoms with Crippen LogP contribution in [0.5, 0.6) is 0 Å². The van der Waals surface area contributed by atoms with Crippen LogP contribution in [0.1, 0.15) is 31.4 Å². The maximum absolute atomic E-state index is 12.7. The van der Waals surface area contributed by atoms with Crippen molar-refractivity contribution in [2.75, 3.05) is 0 Å². The molecule has 0 fully saturated rings. The van der Waals surface area contributed by atoms with Gasteiger partial charge in [-0.3, -0.25) is 0 Å². The molecule has 0 saturated heterocycles. The highest BCUT2D eigenvalue weighted by atomic mass is 79.9. The van der Waals surface area contributed by atoms with Gasteiger partial charge in [-0.2, -0.15) is 13.2 Å². The highest BCUT2D eigenvalue weighted by molar-refractivity contribution is 9.09. The van der Waals surface area contributed by atoms with Crippen LogP contribution in [0.25, 0.3) is 0 Å². The third-order valence-electron chi connectivity index (χ3n) is 2.49. The summed E-state index contributed by atoms with van der Waals surface area (Å²) < 4.78 is 38.2. The molecule has 1 aromatic rings. The lowest BCUT2D eigenvalue weighted by Gasteiger charge is -2.16. The standard InChI is InChI=1S/C13H16BrF3/c1-9(2)7-11(14)8-10-5-3-4-6-12(10)13(15,16)17/h3-6,9,11H,7-8H2,1-2H3. The van der Waals surface area contributed by atoms with Gasteiger partial charge in [0.2, 0.25) is 0 Å². The fourth-order valence-electron chi connectivity index (χ4n) is 1.81. The van der Waals surface area contributed by atoms with E-state index in [-0.39, 0.29) is 4.83 Å². The molecule has 0 spiro atoms. The molecule has 1 rings (SSSR count). The van der Waals surface area contributed by atoms with E-state index in [0.29, 0.717) is 17.9 Å². The van der Waals surface area contributed by atoms with Gasteiger partial charge < -0.3 is 0 Å². The lowest BCUT2D eigenvalue weighted by Crippen LogP contribution is -2.13. The normalized spacial score (nSPS) is 14.1. The molecule has 0 aliphatic carbocycles. The SMILES string of the molecule is CC(C)CC(Br)Cc1ccccc1C(F)(F)F. The molecule has 1 aromatic carbocycles. The molecule has 0 N–H and O–H groups in total. The van der Waals surface area contributed by atoms with E-state index >= 15 is 0 Å². The maximum atomic E-state index is 12.7. The Hall–Kier alpha value is -0.510. The van der Waals surface area contributed by atoms with Gasteiger partial charge in [0.05, 0.1) is 5.56 Å². The van der Waals surface area contributed by atoms with Crippen molar-refractivity contribution in [2.24, 2.45) is 5.92 Å². The largest absolute Gasteiger partial charge is 0.416 e. The van der Waals surface area contributed by atoms with E-state index in [1.54, 1.807) is 12.1 Å². The first-order valence-electron chi connectivity index (χ1n) is 5.60. The van der Waals surface area contributed by atoms with Gasteiger partial charge in [-0.1, -0.05) is 48.0 Å². The van der Waals surface area contributed by atoms with Crippen molar-refractivity contribution in [3.8, 4) is 0 Å². The molecule has 1 unspecified atom stereocenters. The van der Waals surface area contributed by atoms with Gasteiger partial charge in [0.15, 0.2) is 0 Å². The van der Waals surface area contributed by atoms with Crippen LogP contribution in [0, 0.1) is 5.92 Å². The van der Waals surface area contributed by atoms with E-state index in [0.717, 1.165) is 12.5 Å². The zero-order chi connectivity index (χ0) is 13.1. The zero-order valence-corrected chi connectivity index (χ0v) is 11.5. The van der Waals surface area contributed by atoms with E-state index in [9.17, 15) is 13.2 Å². The van der Waals surface area contributed by atoms with Crippen LogP contribution in [-0.2, 0) is 12.6 Å². The van der Waals surface area contributed by atoms with Gasteiger partial charge in [-0.25, -0.2) is 0 Å². The molecule has 0 saturated carbocycles. The highest BCUT2D eigenvalue weighted by Gasteiger charge is 2.33. The third-order valence-corrected chi connectivity index (χ3v) is 3.19. The minimum Gasteiger partial charge on any atom is -0.166 e. The predicted octanol–water partition coefficient (Wildman–Crippen LogP) is 5.06. The molecule has 0 aromatic heterocycles.